The van der Waals surface area contributed by atoms with E-state index in [0.717, 1.165) is 16.8 Å². The molecule has 176 valence electrons. The lowest BCUT2D eigenvalue weighted by Crippen LogP contribution is -2.40. The smallest absolute Gasteiger partial charge is 0.270 e. The number of carbonyl (C=O) groups excluding carboxylic acids is 2. The number of benzene rings is 2. The van der Waals surface area contributed by atoms with Gasteiger partial charge in [0.2, 0.25) is 0 Å². The Balaban J connectivity index is 1.80. The fourth-order valence-corrected chi connectivity index (χ4v) is 4.04. The summed E-state index contributed by atoms with van der Waals surface area (Å²) in [5.74, 6) is -0.878. The van der Waals surface area contributed by atoms with Crippen LogP contribution in [0.15, 0.2) is 60.4 Å². The van der Waals surface area contributed by atoms with Crippen LogP contribution in [0.2, 0.25) is 0 Å². The molecular weight excluding hydrogens is 431 g/mol. The Morgan fingerprint density at radius 3 is 2.47 bits per heavy atom. The van der Waals surface area contributed by atoms with E-state index in [0.29, 0.717) is 28.6 Å². The minimum atomic E-state index is -0.341. The normalized spacial score (nSPS) is 16.1. The molecule has 34 heavy (non-hydrogen) atoms. The molecule has 7 heteroatoms. The number of aromatic nitrogens is 2. The third-order valence-electron chi connectivity index (χ3n) is 5.75. The highest BCUT2D eigenvalue weighted by Crippen LogP contribution is 2.33. The molecular formula is C27H29FN4O2. The molecule has 1 aromatic heterocycles. The second-order valence-corrected chi connectivity index (χ2v) is 9.67. The highest BCUT2D eigenvalue weighted by Gasteiger charge is 2.24. The Bertz CT molecular complexity index is 1340. The summed E-state index contributed by atoms with van der Waals surface area (Å²) in [6.07, 6.45) is 3.55. The SMILES string of the molecule is CNC(=O)c1c2cc(-c3cccc(C(=O)NC(C)(C)C)c3)ccc2nn1C1=CC=C(F)C(C)C1. The molecule has 3 aromatic rings. The van der Waals surface area contributed by atoms with Crippen molar-refractivity contribution in [2.45, 2.75) is 39.7 Å². The van der Waals surface area contributed by atoms with Crippen molar-refractivity contribution in [3.8, 4) is 11.1 Å². The van der Waals surface area contributed by atoms with Gasteiger partial charge in [0.1, 0.15) is 11.5 Å². The van der Waals surface area contributed by atoms with Crippen molar-refractivity contribution in [3.63, 3.8) is 0 Å². The lowest BCUT2D eigenvalue weighted by molar-refractivity contribution is 0.0917. The predicted octanol–water partition coefficient (Wildman–Crippen LogP) is 5.33. The first kappa shape index (κ1) is 23.4. The number of carbonyl (C=O) groups is 2. The number of hydrogen-bond acceptors (Lipinski definition) is 3. The Hall–Kier alpha value is -3.74. The van der Waals surface area contributed by atoms with Crippen LogP contribution in [0.3, 0.4) is 0 Å². The highest BCUT2D eigenvalue weighted by molar-refractivity contribution is 6.07. The summed E-state index contributed by atoms with van der Waals surface area (Å²) < 4.78 is 15.5. The van der Waals surface area contributed by atoms with Crippen LogP contribution >= 0.6 is 0 Å². The average molecular weight is 461 g/mol. The van der Waals surface area contributed by atoms with E-state index in [9.17, 15) is 14.0 Å². The molecule has 2 N–H and O–H groups in total. The van der Waals surface area contributed by atoms with Gasteiger partial charge in [-0.25, -0.2) is 9.07 Å². The second-order valence-electron chi connectivity index (χ2n) is 9.67. The first-order valence-corrected chi connectivity index (χ1v) is 11.3. The number of allylic oxidation sites excluding steroid dienone is 4. The van der Waals surface area contributed by atoms with Gasteiger partial charge in [-0.3, -0.25) is 9.59 Å². The monoisotopic (exact) mass is 460 g/mol. The van der Waals surface area contributed by atoms with Crippen molar-refractivity contribution < 1.29 is 14.0 Å². The summed E-state index contributed by atoms with van der Waals surface area (Å²) in [5.41, 5.74) is 3.75. The predicted molar refractivity (Wildman–Crippen MR) is 133 cm³/mol. The highest BCUT2D eigenvalue weighted by atomic mass is 19.1. The number of halogens is 1. The van der Waals surface area contributed by atoms with Gasteiger partial charge >= 0.3 is 0 Å². The topological polar surface area (TPSA) is 76.0 Å². The van der Waals surface area contributed by atoms with Crippen molar-refractivity contribution >= 4 is 28.4 Å². The minimum Gasteiger partial charge on any atom is -0.354 e. The molecule has 0 saturated heterocycles. The van der Waals surface area contributed by atoms with Crippen molar-refractivity contribution in [3.05, 3.63) is 71.7 Å². The molecule has 1 heterocycles. The summed E-state index contributed by atoms with van der Waals surface area (Å²) in [6, 6.07) is 13.1. The first-order chi connectivity index (χ1) is 16.1. The lowest BCUT2D eigenvalue weighted by Gasteiger charge is -2.20. The quantitative estimate of drug-likeness (QED) is 0.553. The maximum atomic E-state index is 13.9. The van der Waals surface area contributed by atoms with Gasteiger partial charge in [-0.05, 0) is 74.7 Å². The standard InChI is InChI=1S/C27H29FN4O2/c1-16-13-20(10-11-22(16)28)32-24(26(34)29-5)21-15-18(9-12-23(21)31-32)17-7-6-8-19(14-17)25(33)30-27(2,3)4/h6-12,14-16H,13H2,1-5H3,(H,29,34)(H,30,33). The third-order valence-corrected chi connectivity index (χ3v) is 5.75. The number of nitrogens with zero attached hydrogens (tertiary/aromatic N) is 2. The zero-order chi connectivity index (χ0) is 24.6. The van der Waals surface area contributed by atoms with E-state index in [-0.39, 0.29) is 29.1 Å². The van der Waals surface area contributed by atoms with Crippen LogP contribution < -0.4 is 10.6 Å². The summed E-state index contributed by atoms with van der Waals surface area (Å²) in [7, 11) is 1.57. The molecule has 4 rings (SSSR count). The summed E-state index contributed by atoms with van der Waals surface area (Å²) in [4.78, 5) is 25.5. The van der Waals surface area contributed by atoms with E-state index in [1.807, 2.05) is 64.1 Å². The van der Waals surface area contributed by atoms with E-state index in [1.54, 1.807) is 23.9 Å². The molecule has 0 bridgehead atoms. The van der Waals surface area contributed by atoms with E-state index in [2.05, 4.69) is 15.7 Å². The van der Waals surface area contributed by atoms with Gasteiger partial charge in [0.05, 0.1) is 5.52 Å². The molecule has 6 nitrogen and oxygen atoms in total. The molecule has 0 aliphatic heterocycles. The third kappa shape index (κ3) is 4.64. The number of fused-ring (bicyclic) bond motifs is 1. The molecule has 1 atom stereocenters. The van der Waals surface area contributed by atoms with Crippen LogP contribution in [0.4, 0.5) is 4.39 Å². The molecule has 1 aliphatic carbocycles. The van der Waals surface area contributed by atoms with Crippen molar-refractivity contribution in [1.29, 1.82) is 0 Å². The van der Waals surface area contributed by atoms with Crippen LogP contribution in [-0.4, -0.2) is 34.2 Å². The van der Waals surface area contributed by atoms with Gasteiger partial charge in [-0.15, -0.1) is 0 Å². The molecule has 0 spiro atoms. The Morgan fingerprint density at radius 2 is 1.79 bits per heavy atom. The van der Waals surface area contributed by atoms with Gasteiger partial charge < -0.3 is 10.6 Å². The van der Waals surface area contributed by atoms with Gasteiger partial charge in [0.15, 0.2) is 0 Å². The lowest BCUT2D eigenvalue weighted by atomic mass is 9.98. The van der Waals surface area contributed by atoms with Crippen LogP contribution in [-0.2, 0) is 0 Å². The summed E-state index contributed by atoms with van der Waals surface area (Å²) in [6.45, 7) is 7.62. The molecule has 1 unspecified atom stereocenters. The molecule has 0 saturated carbocycles. The van der Waals surface area contributed by atoms with Crippen molar-refractivity contribution in [1.82, 2.24) is 20.4 Å². The van der Waals surface area contributed by atoms with E-state index < -0.39 is 0 Å². The zero-order valence-electron chi connectivity index (χ0n) is 20.1. The summed E-state index contributed by atoms with van der Waals surface area (Å²) >= 11 is 0. The second kappa shape index (κ2) is 8.89. The van der Waals surface area contributed by atoms with Crippen LogP contribution in [0.25, 0.3) is 27.7 Å². The average Bonchev–Trinajstić information content (AvgIpc) is 3.18. The van der Waals surface area contributed by atoms with Gasteiger partial charge in [-0.1, -0.05) is 25.1 Å². The maximum absolute atomic E-state index is 13.9. The Kier molecular flexibility index (Phi) is 6.13. The van der Waals surface area contributed by atoms with Gasteiger partial charge in [-0.2, -0.15) is 5.10 Å². The maximum Gasteiger partial charge on any atom is 0.270 e. The number of amides is 2. The molecule has 2 amide bonds. The van der Waals surface area contributed by atoms with Gasteiger partial charge in [0.25, 0.3) is 11.8 Å². The fraction of sp³-hybridized carbons (Fsp3) is 0.296. The van der Waals surface area contributed by atoms with E-state index >= 15 is 0 Å². The number of rotatable bonds is 4. The number of hydrogen-bond donors (Lipinski definition) is 2. The van der Waals surface area contributed by atoms with Crippen LogP contribution in [0.5, 0.6) is 0 Å². The van der Waals surface area contributed by atoms with E-state index in [1.165, 1.54) is 6.08 Å². The van der Waals surface area contributed by atoms with Crippen molar-refractivity contribution in [2.24, 2.45) is 5.92 Å². The van der Waals surface area contributed by atoms with Crippen LogP contribution in [0.1, 0.15) is 55.0 Å². The van der Waals surface area contributed by atoms with Crippen molar-refractivity contribution in [2.75, 3.05) is 7.05 Å². The van der Waals surface area contributed by atoms with E-state index in [4.69, 9.17) is 0 Å². The van der Waals surface area contributed by atoms with Crippen LogP contribution in [0, 0.1) is 5.92 Å². The van der Waals surface area contributed by atoms with Gasteiger partial charge in [0, 0.05) is 35.2 Å². The largest absolute Gasteiger partial charge is 0.354 e. The molecule has 1 aliphatic rings. The molecule has 0 fully saturated rings. The zero-order valence-corrected chi connectivity index (χ0v) is 20.1. The summed E-state index contributed by atoms with van der Waals surface area (Å²) in [5, 5.41) is 11.0. The fourth-order valence-electron chi connectivity index (χ4n) is 4.04. The minimum absolute atomic E-state index is 0.145. The Labute approximate surface area is 198 Å². The molecule has 2 aromatic carbocycles. The number of nitrogens with one attached hydrogen (secondary N) is 2. The molecule has 0 radical (unpaired) electrons. The first-order valence-electron chi connectivity index (χ1n) is 11.3. The Morgan fingerprint density at radius 1 is 1.06 bits per heavy atom.